The number of thioether (sulfide) groups is 1. The molecule has 0 aliphatic rings. The maximum absolute atomic E-state index is 12.5. The number of rotatable bonds is 18. The van der Waals surface area contributed by atoms with Crippen molar-refractivity contribution in [3.05, 3.63) is 0 Å². The molecule has 0 heterocycles. The van der Waals surface area contributed by atoms with Crippen molar-refractivity contribution in [3.63, 3.8) is 0 Å². The van der Waals surface area contributed by atoms with Gasteiger partial charge in [0.05, 0.1) is 6.42 Å². The third kappa shape index (κ3) is 15.1. The molecule has 18 heteroatoms. The maximum Gasteiger partial charge on any atom is 0.333 e. The number of aliphatic carboxylic acids is 4. The van der Waals surface area contributed by atoms with Gasteiger partial charge in [0.1, 0.15) is 29.9 Å². The molecule has 0 aromatic carbocycles. The largest absolute Gasteiger partial charge is 0.481 e. The van der Waals surface area contributed by atoms with Crippen LogP contribution in [0.5, 0.6) is 0 Å². The summed E-state index contributed by atoms with van der Waals surface area (Å²) in [5, 5.41) is 38.2. The Balaban J connectivity index is 5.10. The van der Waals surface area contributed by atoms with Gasteiger partial charge in [-0.1, -0.05) is 0 Å². The van der Waals surface area contributed by atoms with E-state index >= 15 is 0 Å². The first-order valence-electron chi connectivity index (χ1n) is 10.5. The van der Waals surface area contributed by atoms with Crippen LogP contribution in [-0.4, -0.2) is 104 Å². The zero-order valence-electron chi connectivity index (χ0n) is 19.3. The fraction of sp³-hybridized carbons (Fsp3) is 0.579. The molecule has 208 valence electrons. The van der Waals surface area contributed by atoms with Crippen LogP contribution in [0.3, 0.4) is 0 Å². The smallest absolute Gasteiger partial charge is 0.333 e. The van der Waals surface area contributed by atoms with Gasteiger partial charge in [-0.15, -0.1) is 11.8 Å². The third-order valence-electron chi connectivity index (χ3n) is 4.36. The molecule has 17 nitrogen and oxygen atoms in total. The summed E-state index contributed by atoms with van der Waals surface area (Å²) in [4.78, 5) is 91.6. The summed E-state index contributed by atoms with van der Waals surface area (Å²) < 4.78 is 4.41. The van der Waals surface area contributed by atoms with Crippen molar-refractivity contribution >= 4 is 59.4 Å². The lowest BCUT2D eigenvalue weighted by Gasteiger charge is -2.20. The second-order valence-electron chi connectivity index (χ2n) is 7.41. The molecule has 0 aliphatic carbocycles. The standard InChI is InChI=1S/C19H28N4O13S/c20-8(17(30)31)1-3-12(24)23-10(7-37-11(19(34)35)5-13(25)26)16(29)22-6-15(28)36-14(27)4-2-9(21)18(32)33/h8-11H,1-7,20-21H2,(H,22,29)(H,23,24)(H,25,26)(H,30,31)(H,32,33)(H,34,35)/t8?,9-,10?,11?/m0/s1. The average molecular weight is 553 g/mol. The molecule has 0 bridgehead atoms. The molecule has 0 aliphatic heterocycles. The molecule has 0 rings (SSSR count). The van der Waals surface area contributed by atoms with Crippen LogP contribution in [0, 0.1) is 0 Å². The lowest BCUT2D eigenvalue weighted by atomic mass is 10.1. The van der Waals surface area contributed by atoms with E-state index in [1.54, 1.807) is 0 Å². The van der Waals surface area contributed by atoms with Crippen molar-refractivity contribution in [1.29, 1.82) is 0 Å². The predicted molar refractivity (Wildman–Crippen MR) is 122 cm³/mol. The molecule has 0 aromatic rings. The average Bonchev–Trinajstić information content (AvgIpc) is 2.80. The summed E-state index contributed by atoms with van der Waals surface area (Å²) in [6.07, 6.45) is -2.32. The van der Waals surface area contributed by atoms with Crippen molar-refractivity contribution in [2.24, 2.45) is 11.5 Å². The first-order chi connectivity index (χ1) is 17.1. The second-order valence-corrected chi connectivity index (χ2v) is 8.64. The number of carbonyl (C=O) groups is 8. The third-order valence-corrected chi connectivity index (χ3v) is 5.66. The maximum atomic E-state index is 12.5. The first kappa shape index (κ1) is 33.2. The lowest BCUT2D eigenvalue weighted by Crippen LogP contribution is -2.50. The molecular weight excluding hydrogens is 524 g/mol. The highest BCUT2D eigenvalue weighted by Crippen LogP contribution is 2.17. The molecule has 10 N–H and O–H groups in total. The van der Waals surface area contributed by atoms with Crippen molar-refractivity contribution in [2.45, 2.75) is 55.5 Å². The van der Waals surface area contributed by atoms with E-state index in [1.807, 2.05) is 0 Å². The molecule has 0 saturated carbocycles. The van der Waals surface area contributed by atoms with E-state index in [0.717, 1.165) is 0 Å². The number of carbonyl (C=O) groups excluding carboxylic acids is 4. The van der Waals surface area contributed by atoms with E-state index in [9.17, 15) is 38.4 Å². The van der Waals surface area contributed by atoms with E-state index in [4.69, 9.17) is 31.9 Å². The van der Waals surface area contributed by atoms with Crippen LogP contribution in [0.2, 0.25) is 0 Å². The van der Waals surface area contributed by atoms with Crippen LogP contribution in [0.15, 0.2) is 0 Å². The van der Waals surface area contributed by atoms with Crippen LogP contribution < -0.4 is 22.1 Å². The van der Waals surface area contributed by atoms with Gasteiger partial charge in [-0.25, -0.2) is 4.79 Å². The van der Waals surface area contributed by atoms with Gasteiger partial charge < -0.3 is 47.3 Å². The van der Waals surface area contributed by atoms with Crippen LogP contribution in [0.1, 0.15) is 32.1 Å². The summed E-state index contributed by atoms with van der Waals surface area (Å²) in [5.74, 6) is -10.3. The van der Waals surface area contributed by atoms with Gasteiger partial charge in [0.2, 0.25) is 11.8 Å². The van der Waals surface area contributed by atoms with Gasteiger partial charge in [0.15, 0.2) is 0 Å². The highest BCUT2D eigenvalue weighted by atomic mass is 32.2. The molecule has 0 fully saturated rings. The summed E-state index contributed by atoms with van der Waals surface area (Å²) in [5.41, 5.74) is 10.5. The van der Waals surface area contributed by atoms with Crippen LogP contribution in [0.4, 0.5) is 0 Å². The van der Waals surface area contributed by atoms with E-state index in [0.29, 0.717) is 11.8 Å². The van der Waals surface area contributed by atoms with Gasteiger partial charge in [0, 0.05) is 18.6 Å². The molecule has 0 radical (unpaired) electrons. The molecule has 3 unspecified atom stereocenters. The normalized spacial score (nSPS) is 13.8. The van der Waals surface area contributed by atoms with E-state index in [-0.39, 0.29) is 12.8 Å². The van der Waals surface area contributed by atoms with Gasteiger partial charge in [-0.2, -0.15) is 0 Å². The molecule has 0 aromatic heterocycles. The number of nitrogens with two attached hydrogens (primary N) is 2. The van der Waals surface area contributed by atoms with E-state index in [2.05, 4.69) is 15.4 Å². The second kappa shape index (κ2) is 16.8. The number of carboxylic acids is 4. The number of hydrogen-bond donors (Lipinski definition) is 8. The van der Waals surface area contributed by atoms with Crippen LogP contribution in [0.25, 0.3) is 0 Å². The Hall–Kier alpha value is -3.77. The Kier molecular flexibility index (Phi) is 15.1. The van der Waals surface area contributed by atoms with Crippen molar-refractivity contribution < 1.29 is 63.5 Å². The molecular formula is C19H28N4O13S. The highest BCUT2D eigenvalue weighted by Gasteiger charge is 2.28. The zero-order valence-corrected chi connectivity index (χ0v) is 20.1. The minimum Gasteiger partial charge on any atom is -0.481 e. The Morgan fingerprint density at radius 2 is 1.32 bits per heavy atom. The number of ether oxygens (including phenoxy) is 1. The summed E-state index contributed by atoms with van der Waals surface area (Å²) >= 11 is 0.517. The Labute approximate surface area is 213 Å². The van der Waals surface area contributed by atoms with E-state index < -0.39 is 103 Å². The molecule has 2 amide bonds. The first-order valence-corrected chi connectivity index (χ1v) is 11.5. The van der Waals surface area contributed by atoms with Crippen LogP contribution in [-0.2, 0) is 43.1 Å². The molecule has 37 heavy (non-hydrogen) atoms. The Morgan fingerprint density at radius 1 is 0.784 bits per heavy atom. The minimum absolute atomic E-state index is 0.292. The summed E-state index contributed by atoms with van der Waals surface area (Å²) in [6, 6.07) is -4.21. The number of hydrogen-bond acceptors (Lipinski definition) is 12. The summed E-state index contributed by atoms with van der Waals surface area (Å²) in [7, 11) is 0. The molecule has 0 saturated heterocycles. The highest BCUT2D eigenvalue weighted by molar-refractivity contribution is 8.00. The van der Waals surface area contributed by atoms with Crippen molar-refractivity contribution in [1.82, 2.24) is 10.6 Å². The number of carboxylic acid groups (broad SMARTS) is 4. The van der Waals surface area contributed by atoms with E-state index in [1.165, 1.54) is 0 Å². The molecule has 4 atom stereocenters. The quantitative estimate of drug-likeness (QED) is 0.0609. The van der Waals surface area contributed by atoms with Gasteiger partial charge in [-0.3, -0.25) is 33.6 Å². The summed E-state index contributed by atoms with van der Waals surface area (Å²) in [6.45, 7) is -0.867. The number of esters is 2. The van der Waals surface area contributed by atoms with Crippen LogP contribution >= 0.6 is 11.8 Å². The van der Waals surface area contributed by atoms with Gasteiger partial charge in [0.25, 0.3) is 0 Å². The monoisotopic (exact) mass is 552 g/mol. The fourth-order valence-electron chi connectivity index (χ4n) is 2.34. The van der Waals surface area contributed by atoms with Crippen molar-refractivity contribution in [3.8, 4) is 0 Å². The zero-order chi connectivity index (χ0) is 28.7. The fourth-order valence-corrected chi connectivity index (χ4v) is 3.40. The topological polar surface area (TPSA) is 303 Å². The minimum atomic E-state index is -1.49. The Bertz CT molecular complexity index is 897. The molecule has 0 spiro atoms. The predicted octanol–water partition coefficient (Wildman–Crippen LogP) is -3.30. The Morgan fingerprint density at radius 3 is 1.81 bits per heavy atom. The van der Waals surface area contributed by atoms with Crippen molar-refractivity contribution in [2.75, 3.05) is 12.3 Å². The van der Waals surface area contributed by atoms with Gasteiger partial charge in [-0.05, 0) is 12.8 Å². The lowest BCUT2D eigenvalue weighted by molar-refractivity contribution is -0.159. The SMILES string of the molecule is NC(CCC(=O)NC(CSC(CC(=O)O)C(=O)O)C(=O)NCC(=O)OC(=O)CC[C@H](N)C(=O)O)C(=O)O. The number of amides is 2. The van der Waals surface area contributed by atoms with Gasteiger partial charge >= 0.3 is 35.8 Å². The number of nitrogens with one attached hydrogen (secondary N) is 2.